The number of benzene rings is 2. The number of halogens is 1. The molecule has 1 aliphatic carbocycles. The molecule has 1 atom stereocenters. The topological polar surface area (TPSA) is 82.0 Å². The first-order valence-electron chi connectivity index (χ1n) is 11.5. The Bertz CT molecular complexity index is 1300. The van der Waals surface area contributed by atoms with Gasteiger partial charge in [0.25, 0.3) is 0 Å². The third-order valence-corrected chi connectivity index (χ3v) is 7.74. The lowest BCUT2D eigenvalue weighted by Gasteiger charge is -2.39. The highest BCUT2D eigenvalue weighted by molar-refractivity contribution is 8.03. The number of amides is 1. The molecule has 2 aromatic carbocycles. The van der Waals surface area contributed by atoms with Crippen molar-refractivity contribution in [3.63, 3.8) is 0 Å². The zero-order valence-corrected chi connectivity index (χ0v) is 21.9. The van der Waals surface area contributed by atoms with E-state index in [1.54, 1.807) is 12.1 Å². The van der Waals surface area contributed by atoms with Crippen molar-refractivity contribution in [2.45, 2.75) is 46.5 Å². The summed E-state index contributed by atoms with van der Waals surface area (Å²) in [5, 5.41) is 17.7. The van der Waals surface area contributed by atoms with Crippen LogP contribution in [-0.2, 0) is 9.59 Å². The Morgan fingerprint density at radius 3 is 2.54 bits per heavy atom. The molecule has 7 heteroatoms. The van der Waals surface area contributed by atoms with E-state index in [2.05, 4.69) is 30.6 Å². The van der Waals surface area contributed by atoms with Crippen molar-refractivity contribution in [3.8, 4) is 6.07 Å². The van der Waals surface area contributed by atoms with Crippen LogP contribution in [0.15, 0.2) is 64.3 Å². The molecule has 0 aromatic heterocycles. The Morgan fingerprint density at radius 2 is 1.89 bits per heavy atom. The fraction of sp³-hybridized carbons (Fsp3) is 0.321. The third-order valence-electron chi connectivity index (χ3n) is 6.47. The standard InChI is InChI=1S/C28H28ClN3O2S/c1-16-5-10-20(11-17(16)2)31-24(34)15-35-27-21(14-30)25(18-6-8-19(29)9-7-18)26-22(32-27)12-28(3,4)13-23(26)33/h5-11,25,32H,12-13,15H2,1-4H3,(H,31,34)/t25-/m1/s1. The number of nitrogens with zero attached hydrogens (tertiary/aromatic N) is 1. The highest BCUT2D eigenvalue weighted by Gasteiger charge is 2.41. The number of carbonyl (C=O) groups excluding carboxylic acids is 2. The van der Waals surface area contributed by atoms with Gasteiger partial charge < -0.3 is 10.6 Å². The zero-order valence-electron chi connectivity index (χ0n) is 20.3. The summed E-state index contributed by atoms with van der Waals surface area (Å²) in [5.74, 6) is -0.462. The van der Waals surface area contributed by atoms with Crippen LogP contribution in [0.25, 0.3) is 0 Å². The van der Waals surface area contributed by atoms with Gasteiger partial charge >= 0.3 is 0 Å². The van der Waals surface area contributed by atoms with Crippen LogP contribution in [-0.4, -0.2) is 17.4 Å². The third kappa shape index (κ3) is 5.47. The van der Waals surface area contributed by atoms with Crippen molar-refractivity contribution in [1.29, 1.82) is 5.26 Å². The van der Waals surface area contributed by atoms with E-state index in [1.807, 2.05) is 44.2 Å². The summed E-state index contributed by atoms with van der Waals surface area (Å²) in [4.78, 5) is 26.0. The summed E-state index contributed by atoms with van der Waals surface area (Å²) >= 11 is 7.39. The Morgan fingerprint density at radius 1 is 1.17 bits per heavy atom. The van der Waals surface area contributed by atoms with Gasteiger partial charge in [0.15, 0.2) is 5.78 Å². The lowest BCUT2D eigenvalue weighted by molar-refractivity contribution is -0.118. The van der Waals surface area contributed by atoms with E-state index in [0.717, 1.165) is 28.1 Å². The zero-order chi connectivity index (χ0) is 25.3. The Kier molecular flexibility index (Phi) is 7.12. The lowest BCUT2D eigenvalue weighted by Crippen LogP contribution is -2.37. The molecule has 0 saturated carbocycles. The van der Waals surface area contributed by atoms with Gasteiger partial charge in [0.2, 0.25) is 5.91 Å². The highest BCUT2D eigenvalue weighted by atomic mass is 35.5. The molecule has 2 aromatic rings. The van der Waals surface area contributed by atoms with Gasteiger partial charge in [0, 0.05) is 28.4 Å². The molecule has 5 nitrogen and oxygen atoms in total. The van der Waals surface area contributed by atoms with Crippen LogP contribution in [0.4, 0.5) is 5.69 Å². The summed E-state index contributed by atoms with van der Waals surface area (Å²) in [6.45, 7) is 8.17. The summed E-state index contributed by atoms with van der Waals surface area (Å²) < 4.78 is 0. The van der Waals surface area contributed by atoms with Gasteiger partial charge in [-0.15, -0.1) is 0 Å². The normalized spacial score (nSPS) is 19.1. The maximum atomic E-state index is 13.3. The average molecular weight is 506 g/mol. The number of Topliss-reactive ketones (excluding diaryl/α,β-unsaturated/α-hetero) is 1. The van der Waals surface area contributed by atoms with Gasteiger partial charge in [-0.05, 0) is 66.6 Å². The van der Waals surface area contributed by atoms with Crippen molar-refractivity contribution < 1.29 is 9.59 Å². The van der Waals surface area contributed by atoms with Crippen LogP contribution >= 0.6 is 23.4 Å². The molecule has 35 heavy (non-hydrogen) atoms. The number of thioether (sulfide) groups is 1. The van der Waals surface area contributed by atoms with Crippen LogP contribution in [0.3, 0.4) is 0 Å². The fourth-order valence-corrected chi connectivity index (χ4v) is 5.62. The van der Waals surface area contributed by atoms with Crippen molar-refractivity contribution in [2.75, 3.05) is 11.1 Å². The number of nitriles is 1. The van der Waals surface area contributed by atoms with E-state index in [9.17, 15) is 14.9 Å². The molecule has 2 N–H and O–H groups in total. The molecule has 1 aliphatic heterocycles. The van der Waals surface area contributed by atoms with Gasteiger partial charge in [-0.3, -0.25) is 9.59 Å². The number of dihydropyridines is 1. The molecule has 0 bridgehead atoms. The average Bonchev–Trinajstić information content (AvgIpc) is 2.79. The summed E-state index contributed by atoms with van der Waals surface area (Å²) in [7, 11) is 0. The molecule has 4 rings (SSSR count). The quantitative estimate of drug-likeness (QED) is 0.491. The van der Waals surface area contributed by atoms with E-state index in [-0.39, 0.29) is 22.9 Å². The predicted octanol–water partition coefficient (Wildman–Crippen LogP) is 6.39. The van der Waals surface area contributed by atoms with Gasteiger partial charge in [-0.2, -0.15) is 5.26 Å². The summed E-state index contributed by atoms with van der Waals surface area (Å²) in [5.41, 5.74) is 5.59. The maximum absolute atomic E-state index is 13.3. The fourth-order valence-electron chi connectivity index (χ4n) is 4.63. The molecule has 1 amide bonds. The Balaban J connectivity index is 1.63. The minimum Gasteiger partial charge on any atom is -0.352 e. The number of carbonyl (C=O) groups is 2. The lowest BCUT2D eigenvalue weighted by atomic mass is 9.69. The smallest absolute Gasteiger partial charge is 0.234 e. The van der Waals surface area contributed by atoms with Crippen molar-refractivity contribution >= 4 is 40.7 Å². The minimum atomic E-state index is -0.484. The molecule has 0 unspecified atom stereocenters. The summed E-state index contributed by atoms with van der Waals surface area (Å²) in [6.07, 6.45) is 1.12. The highest BCUT2D eigenvalue weighted by Crippen LogP contribution is 2.47. The van der Waals surface area contributed by atoms with Gasteiger partial charge in [0.1, 0.15) is 0 Å². The molecular weight excluding hydrogens is 478 g/mol. The number of hydrogen-bond donors (Lipinski definition) is 2. The molecule has 2 aliphatic rings. The van der Waals surface area contributed by atoms with Gasteiger partial charge in [-0.25, -0.2) is 0 Å². The van der Waals surface area contributed by atoms with E-state index < -0.39 is 5.92 Å². The Hall–Kier alpha value is -3.01. The molecular formula is C28H28ClN3O2S. The van der Waals surface area contributed by atoms with Crippen LogP contribution in [0, 0.1) is 30.6 Å². The first-order valence-corrected chi connectivity index (χ1v) is 12.9. The van der Waals surface area contributed by atoms with Gasteiger partial charge in [0.05, 0.1) is 28.3 Å². The largest absolute Gasteiger partial charge is 0.352 e. The van der Waals surface area contributed by atoms with E-state index in [1.165, 1.54) is 11.8 Å². The maximum Gasteiger partial charge on any atom is 0.234 e. The van der Waals surface area contributed by atoms with Crippen LogP contribution in [0.1, 0.15) is 49.3 Å². The second-order valence-electron chi connectivity index (χ2n) is 9.93. The molecule has 0 spiro atoms. The first-order chi connectivity index (χ1) is 16.6. The second-order valence-corrected chi connectivity index (χ2v) is 11.4. The predicted molar refractivity (Wildman–Crippen MR) is 142 cm³/mol. The molecule has 0 radical (unpaired) electrons. The molecule has 0 saturated heterocycles. The SMILES string of the molecule is Cc1ccc(NC(=O)CSC2=C(C#N)[C@@H](c3ccc(Cl)cc3)C3=C(CC(C)(C)CC3=O)N2)cc1C. The summed E-state index contributed by atoms with van der Waals surface area (Å²) in [6, 6.07) is 15.4. The van der Waals surface area contributed by atoms with Gasteiger partial charge in [-0.1, -0.05) is 55.4 Å². The van der Waals surface area contributed by atoms with Crippen LogP contribution < -0.4 is 10.6 Å². The molecule has 1 heterocycles. The van der Waals surface area contributed by atoms with E-state index in [0.29, 0.717) is 34.0 Å². The second kappa shape index (κ2) is 9.93. The number of nitrogens with one attached hydrogen (secondary N) is 2. The van der Waals surface area contributed by atoms with Crippen LogP contribution in [0.5, 0.6) is 0 Å². The number of aryl methyl sites for hydroxylation is 2. The Labute approximate surface area is 215 Å². The van der Waals surface area contributed by atoms with E-state index >= 15 is 0 Å². The van der Waals surface area contributed by atoms with E-state index in [4.69, 9.17) is 11.6 Å². The van der Waals surface area contributed by atoms with Crippen molar-refractivity contribution in [1.82, 2.24) is 5.32 Å². The van der Waals surface area contributed by atoms with Crippen LogP contribution in [0.2, 0.25) is 5.02 Å². The van der Waals surface area contributed by atoms with Crippen molar-refractivity contribution in [2.24, 2.45) is 5.41 Å². The molecule has 180 valence electrons. The van der Waals surface area contributed by atoms with Crippen molar-refractivity contribution in [3.05, 3.63) is 86.0 Å². The number of hydrogen-bond acceptors (Lipinski definition) is 5. The first kappa shape index (κ1) is 25.1. The number of ketones is 1. The monoisotopic (exact) mass is 505 g/mol. The number of allylic oxidation sites excluding steroid dienone is 3. The number of rotatable bonds is 5. The minimum absolute atomic E-state index is 0.0491. The number of anilines is 1. The molecule has 0 fully saturated rings.